The minimum Gasteiger partial charge on any atom is -0.477 e. The van der Waals surface area contributed by atoms with E-state index in [2.05, 4.69) is 6.58 Å². The zero-order valence-electron chi connectivity index (χ0n) is 19.0. The third-order valence-corrected chi connectivity index (χ3v) is 5.99. The quantitative estimate of drug-likeness (QED) is 0.156. The highest BCUT2D eigenvalue weighted by Crippen LogP contribution is 2.34. The van der Waals surface area contributed by atoms with Gasteiger partial charge in [0.1, 0.15) is 0 Å². The van der Waals surface area contributed by atoms with Crippen LogP contribution in [0.5, 0.6) is 0 Å². The molecule has 0 bridgehead atoms. The van der Waals surface area contributed by atoms with Gasteiger partial charge in [-0.05, 0) is 44.9 Å². The molecule has 0 aliphatic carbocycles. The van der Waals surface area contributed by atoms with Crippen molar-refractivity contribution in [3.63, 3.8) is 0 Å². The van der Waals surface area contributed by atoms with Gasteiger partial charge in [-0.3, -0.25) is 4.48 Å². The molecule has 7 heteroatoms. The number of carbonyl (C=O) groups is 3. The summed E-state index contributed by atoms with van der Waals surface area (Å²) in [6.45, 7) is 9.51. The monoisotopic (exact) mass is 428 g/mol. The number of quaternary nitrogens is 1. The molecular weight excluding hydrogens is 386 g/mol. The number of carboxylic acid groups (broad SMARTS) is 3. The summed E-state index contributed by atoms with van der Waals surface area (Å²) in [6.07, 6.45) is 8.47. The Hall–Kier alpha value is -1.89. The van der Waals surface area contributed by atoms with Crippen LogP contribution in [0.15, 0.2) is 12.7 Å². The minimum atomic E-state index is -1.10. The van der Waals surface area contributed by atoms with Crippen molar-refractivity contribution in [2.45, 2.75) is 110 Å². The van der Waals surface area contributed by atoms with Crippen molar-refractivity contribution in [1.29, 1.82) is 0 Å². The smallest absolute Gasteiger partial charge is 0.362 e. The third kappa shape index (κ3) is 7.74. The number of hydrogen-bond donors (Lipinski definition) is 3. The van der Waals surface area contributed by atoms with E-state index in [4.69, 9.17) is 0 Å². The van der Waals surface area contributed by atoms with Crippen LogP contribution in [0.1, 0.15) is 91.4 Å². The summed E-state index contributed by atoms with van der Waals surface area (Å²) in [5, 5.41) is 30.3. The molecule has 7 nitrogen and oxygen atoms in total. The Bertz CT molecular complexity index is 488. The first-order valence-electron chi connectivity index (χ1n) is 11.4. The highest BCUT2D eigenvalue weighted by atomic mass is 16.4. The molecule has 0 aliphatic heterocycles. The van der Waals surface area contributed by atoms with Crippen molar-refractivity contribution in [3.05, 3.63) is 12.7 Å². The molecule has 0 aromatic heterocycles. The van der Waals surface area contributed by atoms with Gasteiger partial charge in [0.2, 0.25) is 0 Å². The average Bonchev–Trinajstić information content (AvgIpc) is 2.68. The van der Waals surface area contributed by atoms with Crippen LogP contribution in [-0.4, -0.2) is 62.4 Å². The first kappa shape index (κ1) is 28.1. The summed E-state index contributed by atoms with van der Waals surface area (Å²) in [6, 6.07) is -3.16. The van der Waals surface area contributed by atoms with Gasteiger partial charge >= 0.3 is 17.9 Å². The maximum Gasteiger partial charge on any atom is 0.362 e. The van der Waals surface area contributed by atoms with Crippen molar-refractivity contribution < 1.29 is 34.2 Å². The van der Waals surface area contributed by atoms with Crippen molar-refractivity contribution in [2.75, 3.05) is 6.54 Å². The molecule has 0 saturated carbocycles. The number of allylic oxidation sites excluding steroid dienone is 1. The van der Waals surface area contributed by atoms with Crippen molar-refractivity contribution in [3.8, 4) is 0 Å². The number of aliphatic carboxylic acids is 3. The van der Waals surface area contributed by atoms with Gasteiger partial charge in [0.25, 0.3) is 0 Å². The second-order valence-electron chi connectivity index (χ2n) is 8.14. The Labute approximate surface area is 181 Å². The molecule has 0 amide bonds. The van der Waals surface area contributed by atoms with Crippen LogP contribution in [0.25, 0.3) is 0 Å². The first-order valence-corrected chi connectivity index (χ1v) is 11.4. The molecule has 3 unspecified atom stereocenters. The zero-order chi connectivity index (χ0) is 23.2. The predicted molar refractivity (Wildman–Crippen MR) is 117 cm³/mol. The van der Waals surface area contributed by atoms with Crippen molar-refractivity contribution >= 4 is 17.9 Å². The molecule has 0 heterocycles. The van der Waals surface area contributed by atoms with Crippen LogP contribution >= 0.6 is 0 Å². The van der Waals surface area contributed by atoms with Crippen molar-refractivity contribution in [1.82, 2.24) is 0 Å². The highest BCUT2D eigenvalue weighted by Gasteiger charge is 2.56. The van der Waals surface area contributed by atoms with Crippen LogP contribution in [0.3, 0.4) is 0 Å². The lowest BCUT2D eigenvalue weighted by Crippen LogP contribution is -2.72. The summed E-state index contributed by atoms with van der Waals surface area (Å²) in [5.74, 6) is -3.31. The second-order valence-corrected chi connectivity index (χ2v) is 8.14. The molecule has 3 N–H and O–H groups in total. The molecule has 0 fully saturated rings. The molecule has 0 spiro atoms. The van der Waals surface area contributed by atoms with Crippen LogP contribution < -0.4 is 0 Å². The minimum absolute atomic E-state index is 0.249. The van der Waals surface area contributed by atoms with E-state index in [0.717, 1.165) is 25.7 Å². The molecule has 0 aromatic carbocycles. The van der Waals surface area contributed by atoms with E-state index >= 15 is 0 Å². The SMILES string of the molecule is C=CCCCCCC[N+](C(CCC)C(=O)O)(C(CCC)C(=O)O)C(CCC)C(=O)O. The maximum absolute atomic E-state index is 12.4. The summed E-state index contributed by atoms with van der Waals surface area (Å²) in [7, 11) is 0. The number of hydrogen-bond acceptors (Lipinski definition) is 3. The van der Waals surface area contributed by atoms with E-state index in [-0.39, 0.29) is 25.8 Å². The number of rotatable bonds is 19. The van der Waals surface area contributed by atoms with E-state index in [9.17, 15) is 29.7 Å². The number of carboxylic acids is 3. The molecule has 30 heavy (non-hydrogen) atoms. The fraction of sp³-hybridized carbons (Fsp3) is 0.783. The fourth-order valence-corrected chi connectivity index (χ4v) is 4.68. The summed E-state index contributed by atoms with van der Waals surface area (Å²) in [4.78, 5) is 37.1. The highest BCUT2D eigenvalue weighted by molar-refractivity contribution is 5.78. The Kier molecular flexibility index (Phi) is 14.0. The standard InChI is InChI=1S/C23H41NO6/c1-5-9-10-11-12-13-17-24(18(14-6-2)21(25)26,19(15-7-3)22(27)28)20(16-8-4)23(29)30/h5,18-20H,1,6-17H2,2-4H3,(H2-,25,26,27,28,29,30)/p+1. The van der Waals surface area contributed by atoms with E-state index in [1.807, 2.05) is 26.8 Å². The number of unbranched alkanes of at least 4 members (excludes halogenated alkanes) is 4. The Balaban J connectivity index is 6.40. The fourth-order valence-electron chi connectivity index (χ4n) is 4.68. The van der Waals surface area contributed by atoms with Gasteiger partial charge in [0.15, 0.2) is 18.1 Å². The van der Waals surface area contributed by atoms with Gasteiger partial charge in [-0.1, -0.05) is 33.3 Å². The Morgan fingerprint density at radius 3 is 1.40 bits per heavy atom. The molecule has 174 valence electrons. The lowest BCUT2D eigenvalue weighted by atomic mass is 9.91. The van der Waals surface area contributed by atoms with E-state index < -0.39 is 40.5 Å². The normalized spacial score (nSPS) is 16.2. The van der Waals surface area contributed by atoms with Gasteiger partial charge in [-0.25, -0.2) is 14.4 Å². The zero-order valence-corrected chi connectivity index (χ0v) is 19.0. The summed E-state index contributed by atoms with van der Waals surface area (Å²) >= 11 is 0. The molecule has 3 atom stereocenters. The first-order chi connectivity index (χ1) is 14.2. The van der Waals surface area contributed by atoms with Gasteiger partial charge in [0, 0.05) is 19.3 Å². The summed E-state index contributed by atoms with van der Waals surface area (Å²) < 4.78 is -0.392. The maximum atomic E-state index is 12.4. The van der Waals surface area contributed by atoms with Crippen LogP contribution in [0.4, 0.5) is 0 Å². The lowest BCUT2D eigenvalue weighted by molar-refractivity contribution is -0.973. The Morgan fingerprint density at radius 1 is 0.733 bits per heavy atom. The molecule has 0 aromatic rings. The van der Waals surface area contributed by atoms with E-state index in [0.29, 0.717) is 25.7 Å². The van der Waals surface area contributed by atoms with Crippen molar-refractivity contribution in [2.24, 2.45) is 0 Å². The van der Waals surface area contributed by atoms with Gasteiger partial charge in [0.05, 0.1) is 6.54 Å². The van der Waals surface area contributed by atoms with E-state index in [1.165, 1.54) is 0 Å². The number of nitrogens with zero attached hydrogens (tertiary/aromatic N) is 1. The lowest BCUT2D eigenvalue weighted by Gasteiger charge is -2.50. The largest absolute Gasteiger partial charge is 0.477 e. The Morgan fingerprint density at radius 2 is 1.10 bits per heavy atom. The topological polar surface area (TPSA) is 112 Å². The van der Waals surface area contributed by atoms with Crippen LogP contribution in [-0.2, 0) is 14.4 Å². The predicted octanol–water partition coefficient (Wildman–Crippen LogP) is 4.70. The average molecular weight is 429 g/mol. The van der Waals surface area contributed by atoms with Crippen LogP contribution in [0, 0.1) is 0 Å². The molecular formula is C23H42NO6+. The second kappa shape index (κ2) is 15.0. The molecule has 0 saturated heterocycles. The van der Waals surface area contributed by atoms with Crippen LogP contribution in [0.2, 0.25) is 0 Å². The van der Waals surface area contributed by atoms with Gasteiger partial charge in [-0.2, -0.15) is 0 Å². The molecule has 0 aliphatic rings. The third-order valence-electron chi connectivity index (χ3n) is 5.99. The molecule has 0 rings (SSSR count). The van der Waals surface area contributed by atoms with E-state index in [1.54, 1.807) is 0 Å². The van der Waals surface area contributed by atoms with Gasteiger partial charge < -0.3 is 15.3 Å². The molecule has 0 radical (unpaired) electrons. The van der Waals surface area contributed by atoms with Gasteiger partial charge in [-0.15, -0.1) is 6.58 Å². The summed E-state index contributed by atoms with van der Waals surface area (Å²) in [5.41, 5.74) is 0.